The molecule has 0 unspecified atom stereocenters. The standard InChI is InChI=1S/C18H28N4O3S.ClH/c1-3-19-14(2)13-21-17(23)11-5-4-8-12-20-18-15-9-6-7-10-16(15)26(24,25)22-18;/h6-7,9-10,14,19H,3-5,8,11-13H2,1-2H3,(H,20,22)(H,21,23);1H/t14-;/m1./s1. The highest BCUT2D eigenvalue weighted by atomic mass is 35.5. The number of unbranched alkanes of at least 4 members (excludes halogenated alkanes) is 2. The van der Waals surface area contributed by atoms with Crippen molar-refractivity contribution < 1.29 is 13.2 Å². The van der Waals surface area contributed by atoms with E-state index in [1.54, 1.807) is 24.3 Å². The van der Waals surface area contributed by atoms with E-state index in [1.807, 2.05) is 13.8 Å². The summed E-state index contributed by atoms with van der Waals surface area (Å²) >= 11 is 0. The van der Waals surface area contributed by atoms with Crippen molar-refractivity contribution in [3.63, 3.8) is 0 Å². The molecule has 0 bridgehead atoms. The van der Waals surface area contributed by atoms with E-state index in [0.29, 0.717) is 30.9 Å². The number of amidine groups is 1. The maximum absolute atomic E-state index is 12.0. The lowest BCUT2D eigenvalue weighted by Crippen LogP contribution is -2.38. The highest BCUT2D eigenvalue weighted by Crippen LogP contribution is 2.22. The Morgan fingerprint density at radius 1 is 1.22 bits per heavy atom. The molecule has 1 aliphatic heterocycles. The van der Waals surface area contributed by atoms with E-state index >= 15 is 0 Å². The molecule has 1 aromatic rings. The van der Waals surface area contributed by atoms with Gasteiger partial charge in [-0.25, -0.2) is 8.42 Å². The van der Waals surface area contributed by atoms with Gasteiger partial charge in [-0.2, -0.15) is 0 Å². The molecule has 1 heterocycles. The van der Waals surface area contributed by atoms with Crippen LogP contribution in [0.5, 0.6) is 0 Å². The lowest BCUT2D eigenvalue weighted by atomic mass is 10.2. The highest BCUT2D eigenvalue weighted by molar-refractivity contribution is 7.90. The fourth-order valence-electron chi connectivity index (χ4n) is 2.79. The average Bonchev–Trinajstić information content (AvgIpc) is 2.87. The van der Waals surface area contributed by atoms with Gasteiger partial charge in [-0.3, -0.25) is 14.5 Å². The Hall–Kier alpha value is -1.64. The number of nitrogens with one attached hydrogen (secondary N) is 3. The second kappa shape index (κ2) is 11.3. The average molecular weight is 417 g/mol. The van der Waals surface area contributed by atoms with Crippen LogP contribution in [0, 0.1) is 0 Å². The number of sulfonamides is 1. The zero-order valence-corrected chi connectivity index (χ0v) is 17.5. The number of benzene rings is 1. The van der Waals surface area contributed by atoms with Crippen LogP contribution in [-0.2, 0) is 14.8 Å². The monoisotopic (exact) mass is 416 g/mol. The summed E-state index contributed by atoms with van der Waals surface area (Å²) in [6.45, 7) is 6.14. The largest absolute Gasteiger partial charge is 0.355 e. The molecule has 7 nitrogen and oxygen atoms in total. The fraction of sp³-hybridized carbons (Fsp3) is 0.556. The van der Waals surface area contributed by atoms with Gasteiger partial charge in [0.25, 0.3) is 10.0 Å². The van der Waals surface area contributed by atoms with Crippen molar-refractivity contribution in [2.24, 2.45) is 4.99 Å². The molecule has 3 N–H and O–H groups in total. The first-order chi connectivity index (χ1) is 12.4. The van der Waals surface area contributed by atoms with E-state index < -0.39 is 10.0 Å². The second-order valence-electron chi connectivity index (χ2n) is 6.41. The summed E-state index contributed by atoms with van der Waals surface area (Å²) in [6.07, 6.45) is 3.00. The zero-order chi connectivity index (χ0) is 19.0. The topological polar surface area (TPSA) is 99.7 Å². The minimum atomic E-state index is -3.47. The van der Waals surface area contributed by atoms with Crippen LogP contribution >= 0.6 is 12.4 Å². The number of aliphatic imine (C=N–C) groups is 1. The van der Waals surface area contributed by atoms with E-state index in [2.05, 4.69) is 20.3 Å². The number of carbonyl (C=O) groups excluding carboxylic acids is 1. The molecular weight excluding hydrogens is 388 g/mol. The van der Waals surface area contributed by atoms with Crippen molar-refractivity contribution in [3.05, 3.63) is 29.8 Å². The van der Waals surface area contributed by atoms with E-state index in [-0.39, 0.29) is 29.3 Å². The van der Waals surface area contributed by atoms with Gasteiger partial charge >= 0.3 is 0 Å². The van der Waals surface area contributed by atoms with Gasteiger partial charge in [0.2, 0.25) is 5.91 Å². The first kappa shape index (κ1) is 23.4. The summed E-state index contributed by atoms with van der Waals surface area (Å²) in [7, 11) is -3.47. The van der Waals surface area contributed by atoms with Crippen molar-refractivity contribution in [1.29, 1.82) is 0 Å². The van der Waals surface area contributed by atoms with Crippen LogP contribution in [-0.4, -0.2) is 45.8 Å². The number of fused-ring (bicyclic) bond motifs is 1. The lowest BCUT2D eigenvalue weighted by molar-refractivity contribution is -0.121. The Balaban J connectivity index is 0.00000364. The number of hydrogen-bond acceptors (Lipinski definition) is 5. The second-order valence-corrected chi connectivity index (χ2v) is 8.06. The first-order valence-electron chi connectivity index (χ1n) is 9.10. The Morgan fingerprint density at radius 3 is 2.70 bits per heavy atom. The summed E-state index contributed by atoms with van der Waals surface area (Å²) in [5.74, 6) is 0.481. The number of carbonyl (C=O) groups is 1. The number of halogens is 1. The van der Waals surface area contributed by atoms with Crippen LogP contribution in [0.25, 0.3) is 0 Å². The summed E-state index contributed by atoms with van der Waals surface area (Å²) in [5.41, 5.74) is 0.627. The van der Waals surface area contributed by atoms with Gasteiger partial charge in [-0.05, 0) is 38.4 Å². The highest BCUT2D eigenvalue weighted by Gasteiger charge is 2.29. The number of amides is 1. The number of likely N-dealkylation sites (N-methyl/N-ethyl adjacent to an activating group) is 1. The van der Waals surface area contributed by atoms with Gasteiger partial charge in [0.1, 0.15) is 5.84 Å². The molecule has 152 valence electrons. The smallest absolute Gasteiger partial charge is 0.263 e. The van der Waals surface area contributed by atoms with Gasteiger partial charge in [-0.1, -0.05) is 25.5 Å². The Bertz CT molecular complexity index is 753. The van der Waals surface area contributed by atoms with Gasteiger partial charge in [0.15, 0.2) is 0 Å². The Morgan fingerprint density at radius 2 is 1.96 bits per heavy atom. The molecule has 27 heavy (non-hydrogen) atoms. The van der Waals surface area contributed by atoms with Gasteiger partial charge in [0.05, 0.1) is 4.90 Å². The molecule has 1 aliphatic rings. The van der Waals surface area contributed by atoms with Crippen molar-refractivity contribution in [1.82, 2.24) is 15.4 Å². The molecule has 0 aliphatic carbocycles. The maximum Gasteiger partial charge on any atom is 0.263 e. The van der Waals surface area contributed by atoms with Crippen LogP contribution in [0.2, 0.25) is 0 Å². The van der Waals surface area contributed by atoms with Crippen LogP contribution in [0.4, 0.5) is 0 Å². The van der Waals surface area contributed by atoms with Gasteiger partial charge in [-0.15, -0.1) is 12.4 Å². The van der Waals surface area contributed by atoms with Crippen molar-refractivity contribution in [2.45, 2.75) is 50.5 Å². The molecule has 0 radical (unpaired) electrons. The third-order valence-electron chi connectivity index (χ3n) is 4.15. The molecule has 9 heteroatoms. The van der Waals surface area contributed by atoms with Crippen LogP contribution in [0.1, 0.15) is 45.1 Å². The van der Waals surface area contributed by atoms with Crippen LogP contribution < -0.4 is 15.4 Å². The number of nitrogens with zero attached hydrogens (tertiary/aromatic N) is 1. The number of hydrogen-bond donors (Lipinski definition) is 3. The molecule has 1 atom stereocenters. The van der Waals surface area contributed by atoms with Crippen molar-refractivity contribution in [2.75, 3.05) is 19.6 Å². The van der Waals surface area contributed by atoms with E-state index in [9.17, 15) is 13.2 Å². The van der Waals surface area contributed by atoms with Gasteiger partial charge < -0.3 is 10.6 Å². The predicted octanol–water partition coefficient (Wildman–Crippen LogP) is 1.82. The molecule has 1 aromatic carbocycles. The number of rotatable bonds is 10. The minimum absolute atomic E-state index is 0. The Labute approximate surface area is 167 Å². The van der Waals surface area contributed by atoms with Crippen LogP contribution in [0.15, 0.2) is 34.2 Å². The summed E-state index contributed by atoms with van der Waals surface area (Å²) in [5, 5.41) is 6.16. The predicted molar refractivity (Wildman–Crippen MR) is 110 cm³/mol. The SMILES string of the molecule is CCN[C@H](C)CNC(=O)CCCCCN=C1NS(=O)(=O)c2ccccc21.Cl. The quantitative estimate of drug-likeness (QED) is 0.506. The van der Waals surface area contributed by atoms with E-state index in [1.165, 1.54) is 0 Å². The summed E-state index contributed by atoms with van der Waals surface area (Å²) in [4.78, 5) is 16.4. The third kappa shape index (κ3) is 7.12. The molecule has 0 spiro atoms. The lowest BCUT2D eigenvalue weighted by Gasteiger charge is -2.13. The molecule has 0 saturated carbocycles. The third-order valence-corrected chi connectivity index (χ3v) is 5.55. The van der Waals surface area contributed by atoms with Crippen LogP contribution in [0.3, 0.4) is 0 Å². The van der Waals surface area contributed by atoms with E-state index in [4.69, 9.17) is 0 Å². The maximum atomic E-state index is 12.0. The molecule has 0 aromatic heterocycles. The molecule has 0 fully saturated rings. The summed E-state index contributed by atoms with van der Waals surface area (Å²) in [6, 6.07) is 7.11. The van der Waals surface area contributed by atoms with Gasteiger partial charge in [0, 0.05) is 31.1 Å². The normalized spacial score (nSPS) is 16.9. The zero-order valence-electron chi connectivity index (χ0n) is 15.8. The minimum Gasteiger partial charge on any atom is -0.355 e. The molecule has 1 amide bonds. The fourth-order valence-corrected chi connectivity index (χ4v) is 4.04. The molecular formula is C18H29ClN4O3S. The molecule has 2 rings (SSSR count). The first-order valence-corrected chi connectivity index (χ1v) is 10.6. The van der Waals surface area contributed by atoms with E-state index in [0.717, 1.165) is 25.8 Å². The molecule has 0 saturated heterocycles. The summed E-state index contributed by atoms with van der Waals surface area (Å²) < 4.78 is 26.5. The Kier molecular flexibility index (Phi) is 9.76. The van der Waals surface area contributed by atoms with Crippen molar-refractivity contribution in [3.8, 4) is 0 Å². The van der Waals surface area contributed by atoms with Crippen molar-refractivity contribution >= 4 is 34.2 Å².